The topological polar surface area (TPSA) is 29.5 Å². The van der Waals surface area contributed by atoms with Gasteiger partial charge in [-0.05, 0) is 19.3 Å². The van der Waals surface area contributed by atoms with Gasteiger partial charge in [-0.15, -0.1) is 11.6 Å². The van der Waals surface area contributed by atoms with Gasteiger partial charge in [-0.1, -0.05) is 6.92 Å². The summed E-state index contributed by atoms with van der Waals surface area (Å²) in [6.45, 7) is 4.33. The minimum Gasteiger partial charge on any atom is -0.377 e. The van der Waals surface area contributed by atoms with Crippen LogP contribution in [-0.2, 0) is 9.53 Å². The maximum absolute atomic E-state index is 11.6. The van der Waals surface area contributed by atoms with Crippen molar-refractivity contribution >= 4 is 17.5 Å². The van der Waals surface area contributed by atoms with Gasteiger partial charge in [-0.25, -0.2) is 0 Å². The standard InChI is InChI=1S/C11H20ClNO2/c1-2-3-11(14)13-7-4-10(5-8-13)15-9-6-12/h10H,2-9H2,1H3. The highest BCUT2D eigenvalue weighted by molar-refractivity contribution is 6.17. The number of amides is 1. The summed E-state index contributed by atoms with van der Waals surface area (Å²) in [6.07, 6.45) is 3.81. The van der Waals surface area contributed by atoms with Crippen LogP contribution in [0.5, 0.6) is 0 Å². The fraction of sp³-hybridized carbons (Fsp3) is 0.909. The Bertz CT molecular complexity index is 191. The van der Waals surface area contributed by atoms with Crippen LogP contribution in [0.2, 0.25) is 0 Å². The average Bonchev–Trinajstić information content (AvgIpc) is 2.27. The van der Waals surface area contributed by atoms with Crippen molar-refractivity contribution in [2.45, 2.75) is 38.7 Å². The third-order valence-electron chi connectivity index (χ3n) is 2.69. The van der Waals surface area contributed by atoms with Crippen molar-refractivity contribution in [3.63, 3.8) is 0 Å². The molecule has 3 nitrogen and oxygen atoms in total. The third kappa shape index (κ3) is 4.39. The van der Waals surface area contributed by atoms with Gasteiger partial charge in [0.2, 0.25) is 5.91 Å². The van der Waals surface area contributed by atoms with Crippen molar-refractivity contribution < 1.29 is 9.53 Å². The predicted octanol–water partition coefficient (Wildman–Crippen LogP) is 2.03. The van der Waals surface area contributed by atoms with E-state index in [0.29, 0.717) is 25.0 Å². The highest BCUT2D eigenvalue weighted by Crippen LogP contribution is 2.14. The minimum absolute atomic E-state index is 0.285. The summed E-state index contributed by atoms with van der Waals surface area (Å²) in [5.41, 5.74) is 0. The van der Waals surface area contributed by atoms with E-state index in [9.17, 15) is 4.79 Å². The van der Waals surface area contributed by atoms with Crippen molar-refractivity contribution in [3.8, 4) is 0 Å². The first kappa shape index (κ1) is 12.8. The van der Waals surface area contributed by atoms with E-state index in [1.807, 2.05) is 11.8 Å². The number of nitrogens with zero attached hydrogens (tertiary/aromatic N) is 1. The Kier molecular flexibility index (Phi) is 6.03. The Labute approximate surface area is 96.7 Å². The van der Waals surface area contributed by atoms with Crippen molar-refractivity contribution in [2.24, 2.45) is 0 Å². The SMILES string of the molecule is CCCC(=O)N1CCC(OCCCl)CC1. The second-order valence-electron chi connectivity index (χ2n) is 3.89. The molecule has 15 heavy (non-hydrogen) atoms. The zero-order chi connectivity index (χ0) is 11.1. The van der Waals surface area contributed by atoms with Gasteiger partial charge in [0.15, 0.2) is 0 Å². The zero-order valence-corrected chi connectivity index (χ0v) is 10.1. The molecule has 0 N–H and O–H groups in total. The first-order valence-corrected chi connectivity index (χ1v) is 6.26. The molecule has 1 aliphatic rings. The Hall–Kier alpha value is -0.280. The number of halogens is 1. The number of piperidine rings is 1. The monoisotopic (exact) mass is 233 g/mol. The second-order valence-corrected chi connectivity index (χ2v) is 4.27. The van der Waals surface area contributed by atoms with Crippen LogP contribution in [0.4, 0.5) is 0 Å². The molecule has 0 saturated carbocycles. The number of likely N-dealkylation sites (tertiary alicyclic amines) is 1. The fourth-order valence-electron chi connectivity index (χ4n) is 1.86. The molecule has 1 amide bonds. The van der Waals surface area contributed by atoms with Gasteiger partial charge in [0.25, 0.3) is 0 Å². The third-order valence-corrected chi connectivity index (χ3v) is 2.84. The summed E-state index contributed by atoms with van der Waals surface area (Å²) < 4.78 is 5.55. The van der Waals surface area contributed by atoms with Crippen molar-refractivity contribution in [3.05, 3.63) is 0 Å². The molecule has 0 bridgehead atoms. The number of alkyl halides is 1. The molecular weight excluding hydrogens is 214 g/mol. The van der Waals surface area contributed by atoms with E-state index in [0.717, 1.165) is 32.4 Å². The van der Waals surface area contributed by atoms with E-state index in [1.54, 1.807) is 0 Å². The van der Waals surface area contributed by atoms with E-state index in [4.69, 9.17) is 16.3 Å². The van der Waals surface area contributed by atoms with E-state index in [1.165, 1.54) is 0 Å². The molecule has 0 unspecified atom stereocenters. The summed E-state index contributed by atoms with van der Waals surface area (Å²) in [5.74, 6) is 0.836. The molecule has 0 atom stereocenters. The lowest BCUT2D eigenvalue weighted by molar-refractivity contribution is -0.133. The normalized spacial score (nSPS) is 18.1. The van der Waals surface area contributed by atoms with Crippen LogP contribution >= 0.6 is 11.6 Å². The zero-order valence-electron chi connectivity index (χ0n) is 9.38. The number of hydrogen-bond acceptors (Lipinski definition) is 2. The maximum atomic E-state index is 11.6. The van der Waals surface area contributed by atoms with Gasteiger partial charge in [0, 0.05) is 25.4 Å². The molecule has 0 aromatic heterocycles. The molecule has 0 spiro atoms. The first-order valence-electron chi connectivity index (χ1n) is 5.73. The predicted molar refractivity (Wildman–Crippen MR) is 61.2 cm³/mol. The summed E-state index contributed by atoms with van der Waals surface area (Å²) >= 11 is 5.55. The summed E-state index contributed by atoms with van der Waals surface area (Å²) in [4.78, 5) is 13.5. The Morgan fingerprint density at radius 2 is 2.13 bits per heavy atom. The summed E-state index contributed by atoms with van der Waals surface area (Å²) in [6, 6.07) is 0. The molecule has 1 fully saturated rings. The van der Waals surface area contributed by atoms with Gasteiger partial charge in [0.05, 0.1) is 12.7 Å². The number of rotatable bonds is 5. The lowest BCUT2D eigenvalue weighted by Crippen LogP contribution is -2.40. The summed E-state index contributed by atoms with van der Waals surface area (Å²) in [7, 11) is 0. The molecular formula is C11H20ClNO2. The highest BCUT2D eigenvalue weighted by Gasteiger charge is 2.22. The van der Waals surface area contributed by atoms with Crippen LogP contribution < -0.4 is 0 Å². The highest BCUT2D eigenvalue weighted by atomic mass is 35.5. The van der Waals surface area contributed by atoms with Crippen LogP contribution in [0.3, 0.4) is 0 Å². The molecule has 1 saturated heterocycles. The van der Waals surface area contributed by atoms with Crippen molar-refractivity contribution in [1.82, 2.24) is 4.90 Å². The van der Waals surface area contributed by atoms with Gasteiger partial charge >= 0.3 is 0 Å². The lowest BCUT2D eigenvalue weighted by atomic mass is 10.1. The molecule has 0 radical (unpaired) electrons. The van der Waals surface area contributed by atoms with Crippen LogP contribution in [0.15, 0.2) is 0 Å². The number of carbonyl (C=O) groups is 1. The van der Waals surface area contributed by atoms with E-state index in [-0.39, 0.29) is 5.91 Å². The second kappa shape index (κ2) is 7.07. The van der Waals surface area contributed by atoms with Crippen LogP contribution in [0.1, 0.15) is 32.6 Å². The number of hydrogen-bond donors (Lipinski definition) is 0. The smallest absolute Gasteiger partial charge is 0.222 e. The van der Waals surface area contributed by atoms with Gasteiger partial charge in [0.1, 0.15) is 0 Å². The maximum Gasteiger partial charge on any atom is 0.222 e. The Balaban J connectivity index is 2.20. The van der Waals surface area contributed by atoms with Gasteiger partial charge < -0.3 is 9.64 Å². The van der Waals surface area contributed by atoms with E-state index in [2.05, 4.69) is 0 Å². The van der Waals surface area contributed by atoms with Gasteiger partial charge in [-0.2, -0.15) is 0 Å². The summed E-state index contributed by atoms with van der Waals surface area (Å²) in [5, 5.41) is 0. The molecule has 1 rings (SSSR count). The lowest BCUT2D eigenvalue weighted by Gasteiger charge is -2.31. The molecule has 4 heteroatoms. The Morgan fingerprint density at radius 1 is 1.47 bits per heavy atom. The molecule has 1 heterocycles. The first-order chi connectivity index (χ1) is 7.27. The number of ether oxygens (including phenoxy) is 1. The van der Waals surface area contributed by atoms with Gasteiger partial charge in [-0.3, -0.25) is 4.79 Å². The number of carbonyl (C=O) groups excluding carboxylic acids is 1. The molecule has 0 aromatic carbocycles. The van der Waals surface area contributed by atoms with Crippen LogP contribution in [0, 0.1) is 0 Å². The molecule has 0 aromatic rings. The van der Waals surface area contributed by atoms with E-state index >= 15 is 0 Å². The van der Waals surface area contributed by atoms with Crippen LogP contribution in [0.25, 0.3) is 0 Å². The van der Waals surface area contributed by atoms with E-state index < -0.39 is 0 Å². The molecule has 88 valence electrons. The van der Waals surface area contributed by atoms with Crippen molar-refractivity contribution in [2.75, 3.05) is 25.6 Å². The quantitative estimate of drug-likeness (QED) is 0.680. The largest absolute Gasteiger partial charge is 0.377 e. The fourth-order valence-corrected chi connectivity index (χ4v) is 1.94. The molecule has 0 aliphatic carbocycles. The Morgan fingerprint density at radius 3 is 2.67 bits per heavy atom. The average molecular weight is 234 g/mol. The minimum atomic E-state index is 0.285. The van der Waals surface area contributed by atoms with Crippen LogP contribution in [-0.4, -0.2) is 42.5 Å². The van der Waals surface area contributed by atoms with Crippen molar-refractivity contribution in [1.29, 1.82) is 0 Å². The molecule has 1 aliphatic heterocycles.